The van der Waals surface area contributed by atoms with Crippen LogP contribution in [0.5, 0.6) is 0 Å². The number of hydrogen-bond donors (Lipinski definition) is 1. The maximum Gasteiger partial charge on any atom is 0.226 e. The number of rotatable bonds is 5. The molecule has 5 nitrogen and oxygen atoms in total. The van der Waals surface area contributed by atoms with Crippen LogP contribution in [-0.4, -0.2) is 29.9 Å². The van der Waals surface area contributed by atoms with Crippen LogP contribution in [0, 0.1) is 0 Å². The topological polar surface area (TPSA) is 60.2 Å². The Bertz CT molecular complexity index is 521. The third kappa shape index (κ3) is 3.43. The molecule has 1 atom stereocenters. The van der Waals surface area contributed by atoms with Crippen LogP contribution < -0.4 is 5.32 Å². The lowest BCUT2D eigenvalue weighted by Crippen LogP contribution is -2.35. The van der Waals surface area contributed by atoms with Gasteiger partial charge in [0.2, 0.25) is 5.89 Å². The van der Waals surface area contributed by atoms with Crippen molar-refractivity contribution in [2.24, 2.45) is 0 Å². The molecular formula is C15H19N3O2. The molecule has 0 amide bonds. The summed E-state index contributed by atoms with van der Waals surface area (Å²) >= 11 is 0. The van der Waals surface area contributed by atoms with Crippen molar-refractivity contribution in [2.75, 3.05) is 19.8 Å². The fourth-order valence-corrected chi connectivity index (χ4v) is 2.33. The average Bonchev–Trinajstić information content (AvgIpc) is 2.98. The minimum absolute atomic E-state index is 0.0652. The van der Waals surface area contributed by atoms with Crippen molar-refractivity contribution in [3.05, 3.63) is 47.6 Å². The summed E-state index contributed by atoms with van der Waals surface area (Å²) in [4.78, 5) is 4.44. The Morgan fingerprint density at radius 1 is 1.20 bits per heavy atom. The first-order valence-electron chi connectivity index (χ1n) is 7.09. The van der Waals surface area contributed by atoms with Gasteiger partial charge in [0.15, 0.2) is 5.82 Å². The monoisotopic (exact) mass is 273 g/mol. The highest BCUT2D eigenvalue weighted by Gasteiger charge is 2.20. The first-order valence-corrected chi connectivity index (χ1v) is 7.09. The molecule has 1 N–H and O–H groups in total. The summed E-state index contributed by atoms with van der Waals surface area (Å²) in [6, 6.07) is 10.5. The highest BCUT2D eigenvalue weighted by atomic mass is 16.5. The number of nitrogens with one attached hydrogen (secondary N) is 1. The molecular weight excluding hydrogens is 254 g/mol. The van der Waals surface area contributed by atoms with Gasteiger partial charge >= 0.3 is 0 Å². The maximum atomic E-state index is 5.40. The number of ether oxygens (including phenoxy) is 1. The molecule has 1 unspecified atom stereocenters. The predicted molar refractivity (Wildman–Crippen MR) is 74.3 cm³/mol. The molecule has 5 heteroatoms. The molecule has 3 rings (SSSR count). The molecule has 1 fully saturated rings. The van der Waals surface area contributed by atoms with Gasteiger partial charge in [-0.2, -0.15) is 4.98 Å². The van der Waals surface area contributed by atoms with E-state index in [0.717, 1.165) is 32.4 Å². The Balaban J connectivity index is 1.50. The molecule has 0 spiro atoms. The van der Waals surface area contributed by atoms with E-state index < -0.39 is 0 Å². The van der Waals surface area contributed by atoms with Crippen LogP contribution in [-0.2, 0) is 17.6 Å². The number of benzene rings is 1. The van der Waals surface area contributed by atoms with E-state index in [0.29, 0.717) is 18.3 Å². The zero-order chi connectivity index (χ0) is 13.6. The number of morpholine rings is 1. The molecule has 1 aromatic heterocycles. The minimum Gasteiger partial charge on any atom is -0.378 e. The van der Waals surface area contributed by atoms with Crippen molar-refractivity contribution in [2.45, 2.75) is 25.3 Å². The van der Waals surface area contributed by atoms with Crippen LogP contribution in [0.15, 0.2) is 34.9 Å². The summed E-state index contributed by atoms with van der Waals surface area (Å²) in [5.41, 5.74) is 1.34. The van der Waals surface area contributed by atoms with Crippen LogP contribution in [0.25, 0.3) is 0 Å². The summed E-state index contributed by atoms with van der Waals surface area (Å²) in [6.07, 6.45) is 2.86. The van der Waals surface area contributed by atoms with E-state index in [2.05, 4.69) is 39.7 Å². The SMILES string of the molecule is c1ccc(CCCc2nc(C3COCCN3)no2)cc1. The van der Waals surface area contributed by atoms with Crippen LogP contribution in [0.1, 0.15) is 29.7 Å². The first-order chi connectivity index (χ1) is 9.92. The number of hydrogen-bond acceptors (Lipinski definition) is 5. The molecule has 0 radical (unpaired) electrons. The lowest BCUT2D eigenvalue weighted by Gasteiger charge is -2.20. The Labute approximate surface area is 118 Å². The van der Waals surface area contributed by atoms with Crippen LogP contribution in [0.4, 0.5) is 0 Å². The molecule has 0 saturated carbocycles. The fraction of sp³-hybridized carbons (Fsp3) is 0.467. The lowest BCUT2D eigenvalue weighted by atomic mass is 10.1. The maximum absolute atomic E-state index is 5.40. The molecule has 2 heterocycles. The van der Waals surface area contributed by atoms with E-state index in [-0.39, 0.29) is 6.04 Å². The van der Waals surface area contributed by atoms with Crippen LogP contribution in [0.3, 0.4) is 0 Å². The average molecular weight is 273 g/mol. The van der Waals surface area contributed by atoms with Gasteiger partial charge < -0.3 is 14.6 Å². The smallest absolute Gasteiger partial charge is 0.226 e. The highest BCUT2D eigenvalue weighted by molar-refractivity contribution is 5.14. The van der Waals surface area contributed by atoms with Crippen molar-refractivity contribution in [1.29, 1.82) is 0 Å². The number of aryl methyl sites for hydroxylation is 2. The van der Waals surface area contributed by atoms with Gasteiger partial charge in [-0.25, -0.2) is 0 Å². The lowest BCUT2D eigenvalue weighted by molar-refractivity contribution is 0.0734. The fourth-order valence-electron chi connectivity index (χ4n) is 2.33. The quantitative estimate of drug-likeness (QED) is 0.901. The molecule has 20 heavy (non-hydrogen) atoms. The Hall–Kier alpha value is -1.72. The number of aromatic nitrogens is 2. The van der Waals surface area contributed by atoms with E-state index in [9.17, 15) is 0 Å². The van der Waals surface area contributed by atoms with Gasteiger partial charge in [0.05, 0.1) is 19.3 Å². The standard InChI is InChI=1S/C15H19N3O2/c1-2-5-12(6-3-1)7-4-8-14-17-15(18-20-14)13-11-19-10-9-16-13/h1-3,5-6,13,16H,4,7-11H2. The molecule has 2 aromatic rings. The second-order valence-corrected chi connectivity index (χ2v) is 4.97. The van der Waals surface area contributed by atoms with Crippen molar-refractivity contribution in [3.8, 4) is 0 Å². The predicted octanol–water partition coefficient (Wildman–Crippen LogP) is 1.91. The second-order valence-electron chi connectivity index (χ2n) is 4.97. The molecule has 0 bridgehead atoms. The highest BCUT2D eigenvalue weighted by Crippen LogP contribution is 2.13. The van der Waals surface area contributed by atoms with Gasteiger partial charge in [0.25, 0.3) is 0 Å². The van der Waals surface area contributed by atoms with Gasteiger partial charge in [-0.3, -0.25) is 0 Å². The van der Waals surface area contributed by atoms with Crippen molar-refractivity contribution < 1.29 is 9.26 Å². The third-order valence-electron chi connectivity index (χ3n) is 3.42. The largest absolute Gasteiger partial charge is 0.378 e. The molecule has 1 aromatic carbocycles. The minimum atomic E-state index is 0.0652. The van der Waals surface area contributed by atoms with E-state index in [1.165, 1.54) is 5.56 Å². The van der Waals surface area contributed by atoms with E-state index in [1.807, 2.05) is 6.07 Å². The summed E-state index contributed by atoms with van der Waals surface area (Å²) in [7, 11) is 0. The normalized spacial score (nSPS) is 19.1. The molecule has 0 aliphatic carbocycles. The van der Waals surface area contributed by atoms with Gasteiger partial charge in [-0.15, -0.1) is 0 Å². The van der Waals surface area contributed by atoms with Crippen LogP contribution >= 0.6 is 0 Å². The number of nitrogens with zero attached hydrogens (tertiary/aromatic N) is 2. The summed E-state index contributed by atoms with van der Waals surface area (Å²) in [6.45, 7) is 2.20. The van der Waals surface area contributed by atoms with Gasteiger partial charge in [-0.1, -0.05) is 35.5 Å². The summed E-state index contributed by atoms with van der Waals surface area (Å²) in [5, 5.41) is 7.36. The first kappa shape index (κ1) is 13.3. The third-order valence-corrected chi connectivity index (χ3v) is 3.42. The summed E-state index contributed by atoms with van der Waals surface area (Å²) < 4.78 is 10.7. The summed E-state index contributed by atoms with van der Waals surface area (Å²) in [5.74, 6) is 1.42. The molecule has 1 aliphatic heterocycles. The second kappa shape index (κ2) is 6.63. The Morgan fingerprint density at radius 2 is 2.10 bits per heavy atom. The van der Waals surface area contributed by atoms with Crippen molar-refractivity contribution in [3.63, 3.8) is 0 Å². The Morgan fingerprint density at radius 3 is 2.90 bits per heavy atom. The molecule has 106 valence electrons. The van der Waals surface area contributed by atoms with Gasteiger partial charge in [-0.05, 0) is 18.4 Å². The zero-order valence-electron chi connectivity index (χ0n) is 11.4. The Kier molecular flexibility index (Phi) is 4.40. The van der Waals surface area contributed by atoms with Crippen molar-refractivity contribution >= 4 is 0 Å². The molecule has 1 aliphatic rings. The van der Waals surface area contributed by atoms with Crippen LogP contribution in [0.2, 0.25) is 0 Å². The zero-order valence-corrected chi connectivity index (χ0v) is 11.4. The van der Waals surface area contributed by atoms with Gasteiger partial charge in [0.1, 0.15) is 0 Å². The molecule has 1 saturated heterocycles. The van der Waals surface area contributed by atoms with E-state index in [1.54, 1.807) is 0 Å². The van der Waals surface area contributed by atoms with E-state index >= 15 is 0 Å². The van der Waals surface area contributed by atoms with Gasteiger partial charge in [0, 0.05) is 13.0 Å². The van der Waals surface area contributed by atoms with Crippen molar-refractivity contribution in [1.82, 2.24) is 15.5 Å². The van der Waals surface area contributed by atoms with E-state index in [4.69, 9.17) is 9.26 Å².